The van der Waals surface area contributed by atoms with Crippen molar-refractivity contribution in [3.63, 3.8) is 0 Å². The number of halogens is 1. The number of aromatic nitrogens is 5. The quantitative estimate of drug-likeness (QED) is 0.330. The average Bonchev–Trinajstić information content (AvgIpc) is 3.44. The van der Waals surface area contributed by atoms with Gasteiger partial charge >= 0.3 is 0 Å². The number of nitrogens with two attached hydrogens (primary N) is 1. The zero-order chi connectivity index (χ0) is 26.3. The van der Waals surface area contributed by atoms with Gasteiger partial charge in [-0.1, -0.05) is 0 Å². The lowest BCUT2D eigenvalue weighted by molar-refractivity contribution is 0.246. The Morgan fingerprint density at radius 1 is 1.03 bits per heavy atom. The summed E-state index contributed by atoms with van der Waals surface area (Å²) in [6, 6.07) is 11.8. The number of ether oxygens (including phenoxy) is 2. The monoisotopic (exact) mass is 514 g/mol. The molecule has 0 bridgehead atoms. The Bertz CT molecular complexity index is 1590. The molecule has 0 saturated heterocycles. The third-order valence-corrected chi connectivity index (χ3v) is 7.02. The maximum atomic E-state index is 14.4. The molecule has 5 aromatic rings. The van der Waals surface area contributed by atoms with E-state index in [-0.39, 0.29) is 6.04 Å². The number of thiazole rings is 1. The summed E-state index contributed by atoms with van der Waals surface area (Å²) in [5, 5.41) is 5.71. The van der Waals surface area contributed by atoms with Crippen LogP contribution in [0.2, 0.25) is 0 Å². The van der Waals surface area contributed by atoms with Crippen LogP contribution in [0.1, 0.15) is 29.8 Å². The van der Waals surface area contributed by atoms with Gasteiger partial charge in [0.15, 0.2) is 21.3 Å². The molecule has 0 amide bonds. The molecule has 0 unspecified atom stereocenters. The lowest BCUT2D eigenvalue weighted by Gasteiger charge is -2.26. The van der Waals surface area contributed by atoms with Crippen molar-refractivity contribution >= 4 is 43.9 Å². The second-order valence-electron chi connectivity index (χ2n) is 9.45. The zero-order valence-corrected chi connectivity index (χ0v) is 22.0. The third-order valence-electron chi connectivity index (χ3n) is 5.80. The van der Waals surface area contributed by atoms with E-state index >= 15 is 0 Å². The van der Waals surface area contributed by atoms with E-state index in [1.54, 1.807) is 35.7 Å². The minimum absolute atomic E-state index is 0.0997. The van der Waals surface area contributed by atoms with E-state index in [2.05, 4.69) is 15.0 Å². The van der Waals surface area contributed by atoms with Crippen LogP contribution >= 0.6 is 11.3 Å². The van der Waals surface area contributed by atoms with Crippen molar-refractivity contribution in [1.82, 2.24) is 24.7 Å². The highest BCUT2D eigenvalue weighted by atomic mass is 32.1. The smallest absolute Gasteiger partial charge is 0.164 e. The molecule has 0 fully saturated rings. The number of benzene rings is 2. The molecular formula is C25H25B2FN6O2S. The van der Waals surface area contributed by atoms with Crippen molar-refractivity contribution in [1.29, 1.82) is 0 Å². The first-order valence-corrected chi connectivity index (χ1v) is 12.6. The number of aryl methyl sites for hydroxylation is 1. The zero-order valence-electron chi connectivity index (χ0n) is 21.2. The molecule has 2 N–H and O–H groups in total. The van der Waals surface area contributed by atoms with Crippen molar-refractivity contribution in [3.8, 4) is 28.5 Å². The molecule has 3 aromatic heterocycles. The summed E-state index contributed by atoms with van der Waals surface area (Å²) in [6.07, 6.45) is 3.22. The summed E-state index contributed by atoms with van der Waals surface area (Å²) in [5.74, 6) is 1.14. The van der Waals surface area contributed by atoms with Crippen LogP contribution in [-0.4, -0.2) is 40.4 Å². The van der Waals surface area contributed by atoms with Gasteiger partial charge in [0.05, 0.1) is 20.7 Å². The van der Waals surface area contributed by atoms with Crippen molar-refractivity contribution in [3.05, 3.63) is 70.7 Å². The van der Waals surface area contributed by atoms with Crippen LogP contribution in [0.5, 0.6) is 17.2 Å². The summed E-state index contributed by atoms with van der Waals surface area (Å²) in [4.78, 5) is 13.8. The van der Waals surface area contributed by atoms with Gasteiger partial charge in [0.1, 0.15) is 40.9 Å². The molecule has 0 aliphatic heterocycles. The van der Waals surface area contributed by atoms with E-state index in [1.165, 1.54) is 18.5 Å². The highest BCUT2D eigenvalue weighted by Crippen LogP contribution is 2.35. The summed E-state index contributed by atoms with van der Waals surface area (Å²) in [6.45, 7) is 5.99. The third kappa shape index (κ3) is 5.01. The van der Waals surface area contributed by atoms with E-state index in [0.29, 0.717) is 39.8 Å². The van der Waals surface area contributed by atoms with Crippen molar-refractivity contribution in [2.75, 3.05) is 5.73 Å². The van der Waals surface area contributed by atoms with Crippen LogP contribution < -0.4 is 15.2 Å². The van der Waals surface area contributed by atoms with E-state index in [1.807, 2.05) is 53.3 Å². The highest BCUT2D eigenvalue weighted by molar-refractivity contribution is 7.12. The Kier molecular flexibility index (Phi) is 6.36. The Hall–Kier alpha value is -3.92. The molecule has 12 heteroatoms. The van der Waals surface area contributed by atoms with Gasteiger partial charge in [-0.15, -0.1) is 11.3 Å². The summed E-state index contributed by atoms with van der Waals surface area (Å²) < 4.78 is 28.4. The van der Waals surface area contributed by atoms with Gasteiger partial charge in [0.25, 0.3) is 0 Å². The SMILES string of the molecule is BC(B)(Oc1cc(F)cc(Oc2ccc(-c3nn(C(C)C)c4ncnc(N)c34)cc2)c1)c1cnc(C)s1. The lowest BCUT2D eigenvalue weighted by atomic mass is 9.64. The largest absolute Gasteiger partial charge is 0.500 e. The number of nitrogen functional groups attached to an aromatic ring is 1. The van der Waals surface area contributed by atoms with Gasteiger partial charge in [-0.25, -0.2) is 24.0 Å². The van der Waals surface area contributed by atoms with Gasteiger partial charge in [0, 0.05) is 36.0 Å². The molecular weight excluding hydrogens is 489 g/mol. The summed E-state index contributed by atoms with van der Waals surface area (Å²) in [7, 11) is 3.85. The predicted octanol–water partition coefficient (Wildman–Crippen LogP) is 3.81. The number of rotatable bonds is 7. The van der Waals surface area contributed by atoms with Crippen molar-refractivity contribution < 1.29 is 13.9 Å². The number of hydrogen-bond donors (Lipinski definition) is 1. The van der Waals surface area contributed by atoms with Crippen LogP contribution in [0.3, 0.4) is 0 Å². The Balaban J connectivity index is 1.40. The fraction of sp³-hybridized carbons (Fsp3) is 0.200. The van der Waals surface area contributed by atoms with E-state index in [0.717, 1.165) is 15.4 Å². The molecule has 0 atom stereocenters. The molecule has 3 heterocycles. The molecule has 0 radical (unpaired) electrons. The number of fused-ring (bicyclic) bond motifs is 1. The second-order valence-corrected chi connectivity index (χ2v) is 10.7. The molecule has 186 valence electrons. The van der Waals surface area contributed by atoms with Gasteiger partial charge in [-0.05, 0) is 45.0 Å². The topological polar surface area (TPSA) is 101 Å². The van der Waals surface area contributed by atoms with Gasteiger partial charge < -0.3 is 15.2 Å². The van der Waals surface area contributed by atoms with E-state index in [4.69, 9.17) is 20.3 Å². The van der Waals surface area contributed by atoms with Gasteiger partial charge in [-0.2, -0.15) is 5.10 Å². The summed E-state index contributed by atoms with van der Waals surface area (Å²) >= 11 is 1.55. The minimum atomic E-state index is -0.674. The summed E-state index contributed by atoms with van der Waals surface area (Å²) in [5.41, 5.74) is 8.38. The molecule has 5 rings (SSSR count). The lowest BCUT2D eigenvalue weighted by Crippen LogP contribution is -2.33. The van der Waals surface area contributed by atoms with Crippen molar-refractivity contribution in [2.45, 2.75) is 32.2 Å². The van der Waals surface area contributed by atoms with E-state index in [9.17, 15) is 4.39 Å². The van der Waals surface area contributed by atoms with Crippen LogP contribution in [0.4, 0.5) is 10.2 Å². The molecule has 0 aliphatic rings. The highest BCUT2D eigenvalue weighted by Gasteiger charge is 2.26. The molecule has 0 aliphatic carbocycles. The Morgan fingerprint density at radius 3 is 2.43 bits per heavy atom. The van der Waals surface area contributed by atoms with Crippen LogP contribution in [0.25, 0.3) is 22.3 Å². The van der Waals surface area contributed by atoms with Crippen LogP contribution in [0.15, 0.2) is 55.0 Å². The first-order valence-electron chi connectivity index (χ1n) is 11.8. The Morgan fingerprint density at radius 2 is 1.76 bits per heavy atom. The number of nitrogens with zero attached hydrogens (tertiary/aromatic N) is 5. The maximum Gasteiger partial charge on any atom is 0.164 e. The standard InChI is InChI=1S/C25H25B2FN6O2S/c1-13(2)34-24-21(23(29)31-12-32-24)22(33-34)15-4-6-17(7-5-15)35-18-8-16(28)9-19(10-18)36-25(26,27)20-11-30-14(3)37-20/h4-13H,26-27H2,1-3H3,(H2,29,31,32). The fourth-order valence-corrected chi connectivity index (χ4v) is 4.83. The number of anilines is 1. The normalized spacial score (nSPS) is 11.8. The average molecular weight is 514 g/mol. The molecule has 37 heavy (non-hydrogen) atoms. The predicted molar refractivity (Wildman–Crippen MR) is 148 cm³/mol. The van der Waals surface area contributed by atoms with E-state index < -0.39 is 11.2 Å². The van der Waals surface area contributed by atoms with Gasteiger partial charge in [0.2, 0.25) is 0 Å². The fourth-order valence-electron chi connectivity index (χ4n) is 4.01. The molecule has 2 aromatic carbocycles. The molecule has 8 nitrogen and oxygen atoms in total. The van der Waals surface area contributed by atoms with Crippen LogP contribution in [-0.2, 0) is 5.40 Å². The van der Waals surface area contributed by atoms with Gasteiger partial charge in [-0.3, -0.25) is 0 Å². The molecule has 0 saturated carbocycles. The maximum absolute atomic E-state index is 14.4. The van der Waals surface area contributed by atoms with Crippen LogP contribution in [0, 0.1) is 12.7 Å². The number of hydrogen-bond acceptors (Lipinski definition) is 8. The first kappa shape index (κ1) is 24.8. The Labute approximate surface area is 219 Å². The second kappa shape index (κ2) is 9.51. The minimum Gasteiger partial charge on any atom is -0.500 e. The molecule has 0 spiro atoms. The first-order chi connectivity index (χ1) is 17.6. The van der Waals surface area contributed by atoms with Crippen molar-refractivity contribution in [2.24, 2.45) is 0 Å².